The van der Waals surface area contributed by atoms with E-state index in [2.05, 4.69) is 0 Å². The molecule has 0 spiro atoms. The smallest absolute Gasteiger partial charge is 0.262 e. The molecule has 5 nitrogen and oxygen atoms in total. The Balaban J connectivity index is 2.90. The molecule has 1 aromatic carbocycles. The van der Waals surface area contributed by atoms with Crippen LogP contribution in [0.4, 0.5) is 0 Å². The summed E-state index contributed by atoms with van der Waals surface area (Å²) >= 11 is 0. The summed E-state index contributed by atoms with van der Waals surface area (Å²) in [6.07, 6.45) is -0.589. The zero-order valence-corrected chi connectivity index (χ0v) is 11.8. The highest BCUT2D eigenvalue weighted by Gasteiger charge is 2.18. The summed E-state index contributed by atoms with van der Waals surface area (Å²) in [5.74, 6) is 0.919. The van der Waals surface area contributed by atoms with Gasteiger partial charge in [0.1, 0.15) is 0 Å². The number of likely N-dealkylation sites (N-methyl/N-ethyl adjacent to an activating group) is 1. The number of hydrogen-bond donors (Lipinski definition) is 1. The van der Waals surface area contributed by atoms with Crippen molar-refractivity contribution in [1.82, 2.24) is 4.90 Å². The summed E-state index contributed by atoms with van der Waals surface area (Å²) in [7, 11) is 3.36. The second-order valence-corrected chi connectivity index (χ2v) is 4.36. The minimum atomic E-state index is -0.589. The number of rotatable bonds is 6. The van der Waals surface area contributed by atoms with Crippen LogP contribution in [0.1, 0.15) is 19.4 Å². The molecule has 106 valence electrons. The average molecular weight is 267 g/mol. The number of carbonyl (C=O) groups is 1. The molecule has 1 amide bonds. The highest BCUT2D eigenvalue weighted by Crippen LogP contribution is 2.29. The van der Waals surface area contributed by atoms with Gasteiger partial charge in [0.05, 0.1) is 13.2 Å². The van der Waals surface area contributed by atoms with Gasteiger partial charge in [0.25, 0.3) is 5.91 Å². The topological polar surface area (TPSA) is 59.0 Å². The standard InChI is InChI=1S/C14H21NO4/c1-5-18-13-8-11(9-16)6-7-12(13)19-10(2)14(17)15(3)4/h6-8,10,16H,5,9H2,1-4H3/t10-/m0/s1. The molecular formula is C14H21NO4. The van der Waals surface area contributed by atoms with E-state index in [0.717, 1.165) is 5.56 Å². The van der Waals surface area contributed by atoms with E-state index in [1.54, 1.807) is 39.2 Å². The van der Waals surface area contributed by atoms with Crippen molar-refractivity contribution in [2.75, 3.05) is 20.7 Å². The highest BCUT2D eigenvalue weighted by molar-refractivity contribution is 5.80. The highest BCUT2D eigenvalue weighted by atomic mass is 16.5. The Hall–Kier alpha value is -1.75. The second-order valence-electron chi connectivity index (χ2n) is 4.36. The molecule has 1 atom stereocenters. The van der Waals surface area contributed by atoms with Crippen LogP contribution in [0.15, 0.2) is 18.2 Å². The number of amides is 1. The van der Waals surface area contributed by atoms with Gasteiger partial charge < -0.3 is 19.5 Å². The number of carbonyl (C=O) groups excluding carboxylic acids is 1. The number of benzene rings is 1. The molecule has 0 aliphatic heterocycles. The first-order chi connectivity index (χ1) is 8.99. The maximum atomic E-state index is 11.8. The van der Waals surface area contributed by atoms with E-state index >= 15 is 0 Å². The van der Waals surface area contributed by atoms with E-state index in [4.69, 9.17) is 14.6 Å². The van der Waals surface area contributed by atoms with Gasteiger partial charge in [-0.15, -0.1) is 0 Å². The maximum absolute atomic E-state index is 11.8. The first-order valence-electron chi connectivity index (χ1n) is 6.24. The minimum absolute atomic E-state index is 0.0630. The molecule has 1 aromatic rings. The lowest BCUT2D eigenvalue weighted by atomic mass is 10.2. The SMILES string of the molecule is CCOc1cc(CO)ccc1O[C@@H](C)C(=O)N(C)C. The van der Waals surface area contributed by atoms with Gasteiger partial charge in [0, 0.05) is 14.1 Å². The summed E-state index contributed by atoms with van der Waals surface area (Å²) in [4.78, 5) is 13.2. The Bertz CT molecular complexity index is 431. The molecule has 1 N–H and O–H groups in total. The average Bonchev–Trinajstić information content (AvgIpc) is 2.39. The number of hydrogen-bond acceptors (Lipinski definition) is 4. The third-order valence-corrected chi connectivity index (χ3v) is 2.58. The van der Waals surface area contributed by atoms with Crippen LogP contribution in [-0.2, 0) is 11.4 Å². The molecule has 0 unspecified atom stereocenters. The molecule has 0 radical (unpaired) electrons. The maximum Gasteiger partial charge on any atom is 0.262 e. The quantitative estimate of drug-likeness (QED) is 0.847. The molecule has 19 heavy (non-hydrogen) atoms. The molecule has 1 rings (SSSR count). The third kappa shape index (κ3) is 4.13. The van der Waals surface area contributed by atoms with Crippen molar-refractivity contribution >= 4 is 5.91 Å². The van der Waals surface area contributed by atoms with Crippen LogP contribution in [0.2, 0.25) is 0 Å². The lowest BCUT2D eigenvalue weighted by Crippen LogP contribution is -2.35. The van der Waals surface area contributed by atoms with Crippen molar-refractivity contribution in [2.24, 2.45) is 0 Å². The van der Waals surface area contributed by atoms with Crippen LogP contribution < -0.4 is 9.47 Å². The molecule has 0 bridgehead atoms. The molecule has 0 saturated carbocycles. The fourth-order valence-corrected chi connectivity index (χ4v) is 1.62. The largest absolute Gasteiger partial charge is 0.490 e. The fraction of sp³-hybridized carbons (Fsp3) is 0.500. The van der Waals surface area contributed by atoms with Gasteiger partial charge in [-0.25, -0.2) is 0 Å². The Labute approximate surface area is 113 Å². The van der Waals surface area contributed by atoms with Crippen LogP contribution >= 0.6 is 0 Å². The molecule has 0 saturated heterocycles. The van der Waals surface area contributed by atoms with Crippen molar-refractivity contribution in [3.63, 3.8) is 0 Å². The van der Waals surface area contributed by atoms with Crippen LogP contribution in [0, 0.1) is 0 Å². The Morgan fingerprint density at radius 3 is 2.58 bits per heavy atom. The van der Waals surface area contributed by atoms with E-state index in [0.29, 0.717) is 18.1 Å². The third-order valence-electron chi connectivity index (χ3n) is 2.58. The van der Waals surface area contributed by atoms with Gasteiger partial charge in [0.2, 0.25) is 0 Å². The molecule has 0 aliphatic rings. The summed E-state index contributed by atoms with van der Waals surface area (Å²) in [6.45, 7) is 3.98. The summed E-state index contributed by atoms with van der Waals surface area (Å²) in [5.41, 5.74) is 0.738. The predicted octanol–water partition coefficient (Wildman–Crippen LogP) is 1.43. The van der Waals surface area contributed by atoms with Gasteiger partial charge in [0.15, 0.2) is 17.6 Å². The van der Waals surface area contributed by atoms with E-state index in [1.807, 2.05) is 6.92 Å². The minimum Gasteiger partial charge on any atom is -0.490 e. The van der Waals surface area contributed by atoms with Crippen LogP contribution in [-0.4, -0.2) is 42.7 Å². The Morgan fingerprint density at radius 1 is 1.37 bits per heavy atom. The molecule has 0 heterocycles. The Morgan fingerprint density at radius 2 is 2.05 bits per heavy atom. The monoisotopic (exact) mass is 267 g/mol. The van der Waals surface area contributed by atoms with E-state index in [9.17, 15) is 4.79 Å². The van der Waals surface area contributed by atoms with Gasteiger partial charge in [-0.2, -0.15) is 0 Å². The van der Waals surface area contributed by atoms with Crippen molar-refractivity contribution in [3.05, 3.63) is 23.8 Å². The molecule has 0 aliphatic carbocycles. The van der Waals surface area contributed by atoms with Gasteiger partial charge in [-0.05, 0) is 31.5 Å². The summed E-state index contributed by atoms with van der Waals surface area (Å²) in [5, 5.41) is 9.11. The zero-order chi connectivity index (χ0) is 14.4. The first-order valence-corrected chi connectivity index (χ1v) is 6.24. The molecular weight excluding hydrogens is 246 g/mol. The number of aliphatic hydroxyl groups is 1. The van der Waals surface area contributed by atoms with Crippen LogP contribution in [0.25, 0.3) is 0 Å². The van der Waals surface area contributed by atoms with Crippen molar-refractivity contribution in [3.8, 4) is 11.5 Å². The van der Waals surface area contributed by atoms with Crippen molar-refractivity contribution in [1.29, 1.82) is 0 Å². The van der Waals surface area contributed by atoms with E-state index < -0.39 is 6.10 Å². The summed E-state index contributed by atoms with van der Waals surface area (Å²) < 4.78 is 11.1. The van der Waals surface area contributed by atoms with Gasteiger partial charge in [-0.1, -0.05) is 6.07 Å². The van der Waals surface area contributed by atoms with Crippen LogP contribution in [0.5, 0.6) is 11.5 Å². The molecule has 5 heteroatoms. The number of ether oxygens (including phenoxy) is 2. The van der Waals surface area contributed by atoms with E-state index in [-0.39, 0.29) is 12.5 Å². The van der Waals surface area contributed by atoms with Crippen molar-refractivity contribution in [2.45, 2.75) is 26.6 Å². The van der Waals surface area contributed by atoms with Crippen LogP contribution in [0.3, 0.4) is 0 Å². The summed E-state index contributed by atoms with van der Waals surface area (Å²) in [6, 6.07) is 5.16. The van der Waals surface area contributed by atoms with E-state index in [1.165, 1.54) is 4.90 Å². The molecule has 0 fully saturated rings. The lowest BCUT2D eigenvalue weighted by molar-refractivity contribution is -0.135. The predicted molar refractivity (Wildman–Crippen MR) is 72.3 cm³/mol. The van der Waals surface area contributed by atoms with Gasteiger partial charge in [-0.3, -0.25) is 4.79 Å². The van der Waals surface area contributed by atoms with Crippen molar-refractivity contribution < 1.29 is 19.4 Å². The normalized spacial score (nSPS) is 11.8. The van der Waals surface area contributed by atoms with Gasteiger partial charge >= 0.3 is 0 Å². The Kier molecular flexibility index (Phi) is 5.63. The number of nitrogens with zero attached hydrogens (tertiary/aromatic N) is 1. The fourth-order valence-electron chi connectivity index (χ4n) is 1.62. The molecule has 0 aromatic heterocycles. The lowest BCUT2D eigenvalue weighted by Gasteiger charge is -2.20. The second kappa shape index (κ2) is 6.99. The zero-order valence-electron chi connectivity index (χ0n) is 11.8. The number of aliphatic hydroxyl groups excluding tert-OH is 1. The first kappa shape index (κ1) is 15.3.